The zero-order valence-corrected chi connectivity index (χ0v) is 17.4. The summed E-state index contributed by atoms with van der Waals surface area (Å²) in [4.78, 5) is 26.0. The van der Waals surface area contributed by atoms with Gasteiger partial charge >= 0.3 is 5.97 Å². The number of methoxy groups -OCH3 is 1. The van der Waals surface area contributed by atoms with Gasteiger partial charge in [-0.25, -0.2) is 8.42 Å². The van der Waals surface area contributed by atoms with E-state index in [-0.39, 0.29) is 23.6 Å². The largest absolute Gasteiger partial charge is 0.497 e. The molecule has 1 aliphatic rings. The van der Waals surface area contributed by atoms with Crippen LogP contribution in [-0.2, 0) is 26.2 Å². The van der Waals surface area contributed by atoms with Crippen molar-refractivity contribution in [1.29, 1.82) is 0 Å². The highest BCUT2D eigenvalue weighted by Crippen LogP contribution is 2.32. The van der Waals surface area contributed by atoms with Crippen LogP contribution in [0.15, 0.2) is 65.6 Å². The van der Waals surface area contributed by atoms with Crippen molar-refractivity contribution in [1.82, 2.24) is 4.31 Å². The first kappa shape index (κ1) is 21.5. The molecule has 1 atom stereocenters. The van der Waals surface area contributed by atoms with Crippen molar-refractivity contribution >= 4 is 27.6 Å². The first-order valence-electron chi connectivity index (χ1n) is 9.10. The molecule has 1 aliphatic heterocycles. The fraction of sp³-hybridized carbons (Fsp3) is 0.238. The van der Waals surface area contributed by atoms with Crippen molar-refractivity contribution in [2.75, 3.05) is 18.6 Å². The molecule has 3 rings (SSSR count). The summed E-state index contributed by atoms with van der Waals surface area (Å²) in [6.07, 6.45) is 0. The molecular formula is C21H22N2O6S. The third-order valence-corrected chi connectivity index (χ3v) is 6.74. The second kappa shape index (κ2) is 8.29. The van der Waals surface area contributed by atoms with E-state index in [1.54, 1.807) is 24.3 Å². The lowest BCUT2D eigenvalue weighted by Crippen LogP contribution is -2.50. The van der Waals surface area contributed by atoms with Crippen LogP contribution in [0.3, 0.4) is 0 Å². The molecule has 0 fully saturated rings. The third kappa shape index (κ3) is 3.94. The topological polar surface area (TPSA) is 104 Å². The predicted molar refractivity (Wildman–Crippen MR) is 111 cm³/mol. The number of carboxylic acids is 1. The van der Waals surface area contributed by atoms with E-state index in [2.05, 4.69) is 6.58 Å². The first-order chi connectivity index (χ1) is 14.2. The van der Waals surface area contributed by atoms with Crippen LogP contribution in [0.25, 0.3) is 0 Å². The van der Waals surface area contributed by atoms with Gasteiger partial charge in [-0.2, -0.15) is 4.31 Å². The lowest BCUT2D eigenvalue weighted by atomic mass is 10.1. The third-order valence-electron chi connectivity index (χ3n) is 4.87. The molecule has 2 aromatic carbocycles. The van der Waals surface area contributed by atoms with Gasteiger partial charge in [0.05, 0.1) is 18.6 Å². The number of ether oxygens (including phenoxy) is 1. The van der Waals surface area contributed by atoms with E-state index in [1.165, 1.54) is 43.2 Å². The molecule has 30 heavy (non-hydrogen) atoms. The van der Waals surface area contributed by atoms with E-state index < -0.39 is 27.9 Å². The Hall–Kier alpha value is -3.17. The SMILES string of the molecule is C=C(C)C(=O)N1CC(C(=O)O)N(S(=O)(=O)c2ccc(OC)cc2)Cc2ccccc21. The molecular weight excluding hydrogens is 408 g/mol. The number of amides is 1. The Labute approximate surface area is 175 Å². The van der Waals surface area contributed by atoms with E-state index in [0.717, 1.165) is 4.31 Å². The summed E-state index contributed by atoms with van der Waals surface area (Å²) in [5.74, 6) is -1.33. The molecule has 1 N–H and O–H groups in total. The second-order valence-corrected chi connectivity index (χ2v) is 8.80. The standard InChI is InChI=1S/C21H22N2O6S/c1-14(2)20(24)22-13-19(21(25)26)23(12-15-6-4-5-7-18(15)22)30(27,28)17-10-8-16(29-3)9-11-17/h4-11,19H,1,12-13H2,2-3H3,(H,25,26). The highest BCUT2D eigenvalue weighted by atomic mass is 32.2. The van der Waals surface area contributed by atoms with Gasteiger partial charge in [0.2, 0.25) is 10.0 Å². The van der Waals surface area contributed by atoms with Crippen LogP contribution < -0.4 is 9.64 Å². The predicted octanol–water partition coefficient (Wildman–Crippen LogP) is 2.26. The smallest absolute Gasteiger partial charge is 0.323 e. The summed E-state index contributed by atoms with van der Waals surface area (Å²) in [7, 11) is -2.72. The van der Waals surface area contributed by atoms with Gasteiger partial charge in [0, 0.05) is 17.8 Å². The molecule has 0 bridgehead atoms. The Morgan fingerprint density at radius 3 is 2.33 bits per heavy atom. The fourth-order valence-corrected chi connectivity index (χ4v) is 4.86. The maximum absolute atomic E-state index is 13.4. The summed E-state index contributed by atoms with van der Waals surface area (Å²) in [6, 6.07) is 11.0. The van der Waals surface area contributed by atoms with Gasteiger partial charge in [0.25, 0.3) is 5.91 Å². The number of hydrogen-bond acceptors (Lipinski definition) is 5. The van der Waals surface area contributed by atoms with Crippen LogP contribution in [0.1, 0.15) is 12.5 Å². The number of rotatable bonds is 5. The van der Waals surface area contributed by atoms with Gasteiger partial charge < -0.3 is 14.7 Å². The zero-order chi connectivity index (χ0) is 22.1. The lowest BCUT2D eigenvalue weighted by Gasteiger charge is -2.28. The van der Waals surface area contributed by atoms with Crippen molar-refractivity contribution in [3.05, 3.63) is 66.2 Å². The number of fused-ring (bicyclic) bond motifs is 1. The van der Waals surface area contributed by atoms with Gasteiger partial charge in [-0.15, -0.1) is 0 Å². The zero-order valence-electron chi connectivity index (χ0n) is 16.6. The van der Waals surface area contributed by atoms with Crippen molar-refractivity contribution in [2.24, 2.45) is 0 Å². The number of nitrogens with zero attached hydrogens (tertiary/aromatic N) is 2. The number of aliphatic carboxylic acids is 1. The molecule has 0 radical (unpaired) electrons. The number of carbonyl (C=O) groups excluding carboxylic acids is 1. The summed E-state index contributed by atoms with van der Waals surface area (Å²) in [5, 5.41) is 9.86. The van der Waals surface area contributed by atoms with Crippen LogP contribution in [0.2, 0.25) is 0 Å². The van der Waals surface area contributed by atoms with Gasteiger partial charge in [-0.05, 0) is 42.8 Å². The van der Waals surface area contributed by atoms with Crippen molar-refractivity contribution in [3.8, 4) is 5.75 Å². The molecule has 0 aromatic heterocycles. The molecule has 1 amide bonds. The van der Waals surface area contributed by atoms with E-state index in [4.69, 9.17) is 4.74 Å². The van der Waals surface area contributed by atoms with Crippen molar-refractivity contribution in [3.63, 3.8) is 0 Å². The molecule has 9 heteroatoms. The van der Waals surface area contributed by atoms with Crippen molar-refractivity contribution < 1.29 is 27.9 Å². The van der Waals surface area contributed by atoms with Crippen LogP contribution >= 0.6 is 0 Å². The average Bonchev–Trinajstić information content (AvgIpc) is 2.91. The molecule has 1 heterocycles. The maximum atomic E-state index is 13.4. The summed E-state index contributed by atoms with van der Waals surface area (Å²) in [6.45, 7) is 4.65. The van der Waals surface area contributed by atoms with Crippen LogP contribution in [-0.4, -0.2) is 49.4 Å². The number of anilines is 1. The Morgan fingerprint density at radius 1 is 1.13 bits per heavy atom. The Balaban J connectivity index is 2.13. The minimum Gasteiger partial charge on any atom is -0.497 e. The first-order valence-corrected chi connectivity index (χ1v) is 10.5. The Morgan fingerprint density at radius 2 is 1.77 bits per heavy atom. The van der Waals surface area contributed by atoms with E-state index in [9.17, 15) is 23.1 Å². The number of carboxylic acid groups (broad SMARTS) is 1. The fourth-order valence-electron chi connectivity index (χ4n) is 3.31. The minimum atomic E-state index is -4.18. The van der Waals surface area contributed by atoms with Crippen molar-refractivity contribution in [2.45, 2.75) is 24.4 Å². The molecule has 0 aliphatic carbocycles. The van der Waals surface area contributed by atoms with Crippen LogP contribution in [0.4, 0.5) is 5.69 Å². The Kier molecular flexibility index (Phi) is 5.95. The van der Waals surface area contributed by atoms with E-state index in [1.807, 2.05) is 0 Å². The Bertz CT molecular complexity index is 1090. The molecule has 0 saturated heterocycles. The van der Waals surface area contributed by atoms with E-state index >= 15 is 0 Å². The van der Waals surface area contributed by atoms with Gasteiger partial charge in [-0.3, -0.25) is 9.59 Å². The second-order valence-electron chi connectivity index (χ2n) is 6.90. The molecule has 0 spiro atoms. The van der Waals surface area contributed by atoms with E-state index in [0.29, 0.717) is 17.0 Å². The molecule has 1 unspecified atom stereocenters. The highest BCUT2D eigenvalue weighted by Gasteiger charge is 2.41. The number of para-hydroxylation sites is 1. The number of carbonyl (C=O) groups is 2. The number of hydrogen-bond donors (Lipinski definition) is 1. The minimum absolute atomic E-state index is 0.0632. The van der Waals surface area contributed by atoms with Gasteiger partial charge in [0.1, 0.15) is 11.8 Å². The summed E-state index contributed by atoms with van der Waals surface area (Å²) in [5.41, 5.74) is 1.21. The highest BCUT2D eigenvalue weighted by molar-refractivity contribution is 7.89. The quantitative estimate of drug-likeness (QED) is 0.730. The average molecular weight is 430 g/mol. The monoisotopic (exact) mass is 430 g/mol. The summed E-state index contributed by atoms with van der Waals surface area (Å²) < 4.78 is 32.7. The number of sulfonamides is 1. The van der Waals surface area contributed by atoms with Gasteiger partial charge in [0.15, 0.2) is 0 Å². The molecule has 0 saturated carbocycles. The number of benzene rings is 2. The molecule has 158 valence electrons. The molecule has 2 aromatic rings. The molecule has 8 nitrogen and oxygen atoms in total. The summed E-state index contributed by atoms with van der Waals surface area (Å²) >= 11 is 0. The van der Waals surface area contributed by atoms with Gasteiger partial charge in [-0.1, -0.05) is 24.8 Å². The normalized spacial score (nSPS) is 17.0. The van der Waals surface area contributed by atoms with Crippen LogP contribution in [0.5, 0.6) is 5.75 Å². The van der Waals surface area contributed by atoms with Crippen LogP contribution in [0, 0.1) is 0 Å². The lowest BCUT2D eigenvalue weighted by molar-refractivity contribution is -0.141. The maximum Gasteiger partial charge on any atom is 0.323 e.